The van der Waals surface area contributed by atoms with E-state index in [1.54, 1.807) is 6.07 Å². The standard InChI is InChI=1S/C21H18N2O5/c1-27-16-11-12-20(19(13-16)23(25)26)28-14-21(24)22-18-10-6-5-9-17(18)15-7-3-2-4-8-15/h2-13H,14H2,1H3,(H,22,24). The number of hydrogen-bond donors (Lipinski definition) is 1. The van der Waals surface area contributed by atoms with Gasteiger partial charge in [-0.1, -0.05) is 48.5 Å². The van der Waals surface area contributed by atoms with E-state index < -0.39 is 10.8 Å². The highest BCUT2D eigenvalue weighted by molar-refractivity contribution is 5.96. The minimum absolute atomic E-state index is 0.00251. The van der Waals surface area contributed by atoms with Gasteiger partial charge in [-0.05, 0) is 23.8 Å². The van der Waals surface area contributed by atoms with Crippen LogP contribution in [0.25, 0.3) is 11.1 Å². The highest BCUT2D eigenvalue weighted by Crippen LogP contribution is 2.31. The van der Waals surface area contributed by atoms with Crippen molar-refractivity contribution in [2.24, 2.45) is 0 Å². The summed E-state index contributed by atoms with van der Waals surface area (Å²) < 4.78 is 10.3. The van der Waals surface area contributed by atoms with E-state index in [1.165, 1.54) is 25.3 Å². The molecule has 0 aliphatic carbocycles. The van der Waals surface area contributed by atoms with Crippen molar-refractivity contribution in [2.45, 2.75) is 0 Å². The average Bonchev–Trinajstić information content (AvgIpc) is 2.73. The molecule has 28 heavy (non-hydrogen) atoms. The van der Waals surface area contributed by atoms with Gasteiger partial charge in [-0.15, -0.1) is 0 Å². The van der Waals surface area contributed by atoms with E-state index in [0.717, 1.165) is 11.1 Å². The van der Waals surface area contributed by atoms with Crippen LogP contribution >= 0.6 is 0 Å². The van der Waals surface area contributed by atoms with E-state index in [2.05, 4.69) is 5.32 Å². The van der Waals surface area contributed by atoms with Gasteiger partial charge in [-0.2, -0.15) is 0 Å². The minimum atomic E-state index is -0.583. The first-order valence-corrected chi connectivity index (χ1v) is 8.48. The summed E-state index contributed by atoms with van der Waals surface area (Å²) >= 11 is 0. The van der Waals surface area contributed by atoms with Crippen LogP contribution in [0.2, 0.25) is 0 Å². The number of para-hydroxylation sites is 1. The number of hydrogen-bond acceptors (Lipinski definition) is 5. The van der Waals surface area contributed by atoms with Gasteiger partial charge in [0, 0.05) is 11.3 Å². The third kappa shape index (κ3) is 4.45. The average molecular weight is 378 g/mol. The van der Waals surface area contributed by atoms with Gasteiger partial charge in [0.1, 0.15) is 5.75 Å². The van der Waals surface area contributed by atoms with Crippen LogP contribution in [-0.4, -0.2) is 24.5 Å². The smallest absolute Gasteiger partial charge is 0.314 e. The van der Waals surface area contributed by atoms with Crippen molar-refractivity contribution in [3.63, 3.8) is 0 Å². The number of carbonyl (C=O) groups excluding carboxylic acids is 1. The number of methoxy groups -OCH3 is 1. The Kier molecular flexibility index (Phi) is 5.86. The molecular formula is C21H18N2O5. The third-order valence-electron chi connectivity index (χ3n) is 4.01. The van der Waals surface area contributed by atoms with Crippen molar-refractivity contribution in [1.29, 1.82) is 0 Å². The summed E-state index contributed by atoms with van der Waals surface area (Å²) in [6, 6.07) is 21.2. The molecule has 0 heterocycles. The van der Waals surface area contributed by atoms with Gasteiger partial charge in [0.15, 0.2) is 12.4 Å². The molecule has 142 valence electrons. The molecule has 7 heteroatoms. The number of rotatable bonds is 7. The van der Waals surface area contributed by atoms with Crippen LogP contribution in [-0.2, 0) is 4.79 Å². The maximum atomic E-state index is 12.3. The summed E-state index contributed by atoms with van der Waals surface area (Å²) in [5, 5.41) is 14.0. The quantitative estimate of drug-likeness (QED) is 0.489. The van der Waals surface area contributed by atoms with Crippen molar-refractivity contribution in [3.8, 4) is 22.6 Å². The zero-order chi connectivity index (χ0) is 19.9. The lowest BCUT2D eigenvalue weighted by atomic mass is 10.0. The number of carbonyl (C=O) groups is 1. The second-order valence-corrected chi connectivity index (χ2v) is 5.84. The maximum absolute atomic E-state index is 12.3. The molecule has 1 N–H and O–H groups in total. The first kappa shape index (κ1) is 18.9. The number of nitrogens with one attached hydrogen (secondary N) is 1. The van der Waals surface area contributed by atoms with Crippen LogP contribution in [0.15, 0.2) is 72.8 Å². The Morgan fingerprint density at radius 2 is 1.75 bits per heavy atom. The van der Waals surface area contributed by atoms with Crippen molar-refractivity contribution in [1.82, 2.24) is 0 Å². The molecule has 0 saturated carbocycles. The Labute approximate surface area is 161 Å². The van der Waals surface area contributed by atoms with Gasteiger partial charge >= 0.3 is 5.69 Å². The topological polar surface area (TPSA) is 90.7 Å². The van der Waals surface area contributed by atoms with Gasteiger partial charge in [-0.25, -0.2) is 0 Å². The van der Waals surface area contributed by atoms with Crippen molar-refractivity contribution in [2.75, 3.05) is 19.0 Å². The van der Waals surface area contributed by atoms with E-state index in [9.17, 15) is 14.9 Å². The molecule has 1 amide bonds. The summed E-state index contributed by atoms with van der Waals surface area (Å²) in [6.07, 6.45) is 0. The van der Waals surface area contributed by atoms with E-state index in [4.69, 9.17) is 9.47 Å². The molecule has 0 aromatic heterocycles. The molecule has 0 aliphatic rings. The van der Waals surface area contributed by atoms with E-state index in [-0.39, 0.29) is 18.0 Å². The molecule has 0 aliphatic heterocycles. The first-order chi connectivity index (χ1) is 13.6. The molecule has 0 saturated heterocycles. The van der Waals surface area contributed by atoms with Gasteiger partial charge < -0.3 is 14.8 Å². The van der Waals surface area contributed by atoms with Crippen molar-refractivity contribution >= 4 is 17.3 Å². The monoisotopic (exact) mass is 378 g/mol. The molecule has 0 bridgehead atoms. The zero-order valence-corrected chi connectivity index (χ0v) is 15.1. The number of benzene rings is 3. The molecule has 0 unspecified atom stereocenters. The lowest BCUT2D eigenvalue weighted by Gasteiger charge is -2.12. The van der Waals surface area contributed by atoms with Gasteiger partial charge in [0.25, 0.3) is 5.91 Å². The zero-order valence-electron chi connectivity index (χ0n) is 15.1. The lowest BCUT2D eigenvalue weighted by Crippen LogP contribution is -2.20. The minimum Gasteiger partial charge on any atom is -0.496 e. The van der Waals surface area contributed by atoms with Crippen molar-refractivity contribution in [3.05, 3.63) is 82.9 Å². The predicted octanol–water partition coefficient (Wildman–Crippen LogP) is 4.29. The van der Waals surface area contributed by atoms with Crippen molar-refractivity contribution < 1.29 is 19.2 Å². The normalized spacial score (nSPS) is 10.2. The number of nitrogens with zero attached hydrogens (tertiary/aromatic N) is 1. The molecule has 3 aromatic rings. The molecule has 3 rings (SSSR count). The van der Waals surface area contributed by atoms with Crippen LogP contribution in [0.3, 0.4) is 0 Å². The number of ether oxygens (including phenoxy) is 2. The Morgan fingerprint density at radius 1 is 1.04 bits per heavy atom. The van der Waals surface area contributed by atoms with Gasteiger partial charge in [0.2, 0.25) is 0 Å². The Hall–Kier alpha value is -3.87. The third-order valence-corrected chi connectivity index (χ3v) is 4.01. The summed E-state index contributed by atoms with van der Waals surface area (Å²) in [4.78, 5) is 23.0. The van der Waals surface area contributed by atoms with E-state index in [1.807, 2.05) is 48.5 Å². The second-order valence-electron chi connectivity index (χ2n) is 5.84. The number of nitro groups is 1. The molecule has 0 spiro atoms. The van der Waals surface area contributed by atoms with Crippen LogP contribution in [0.1, 0.15) is 0 Å². The lowest BCUT2D eigenvalue weighted by molar-refractivity contribution is -0.385. The van der Waals surface area contributed by atoms with Crippen LogP contribution in [0.5, 0.6) is 11.5 Å². The maximum Gasteiger partial charge on any atom is 0.314 e. The Balaban J connectivity index is 1.72. The number of amides is 1. The van der Waals surface area contributed by atoms with E-state index in [0.29, 0.717) is 11.4 Å². The molecule has 0 atom stereocenters. The fourth-order valence-electron chi connectivity index (χ4n) is 2.68. The molecular weight excluding hydrogens is 360 g/mol. The summed E-state index contributed by atoms with van der Waals surface area (Å²) in [6.45, 7) is -0.365. The highest BCUT2D eigenvalue weighted by atomic mass is 16.6. The fourth-order valence-corrected chi connectivity index (χ4v) is 2.68. The van der Waals surface area contributed by atoms with Crippen LogP contribution in [0, 0.1) is 10.1 Å². The fraction of sp³-hybridized carbons (Fsp3) is 0.0952. The highest BCUT2D eigenvalue weighted by Gasteiger charge is 2.18. The van der Waals surface area contributed by atoms with Gasteiger partial charge in [-0.3, -0.25) is 14.9 Å². The Bertz CT molecular complexity index is 989. The molecule has 0 radical (unpaired) electrons. The SMILES string of the molecule is COc1ccc(OCC(=O)Nc2ccccc2-c2ccccc2)c([N+](=O)[O-])c1. The molecule has 7 nitrogen and oxygen atoms in total. The second kappa shape index (κ2) is 8.68. The summed E-state index contributed by atoms with van der Waals surface area (Å²) in [5.41, 5.74) is 2.19. The van der Waals surface area contributed by atoms with E-state index >= 15 is 0 Å². The predicted molar refractivity (Wildman–Crippen MR) is 106 cm³/mol. The Morgan fingerprint density at radius 3 is 2.46 bits per heavy atom. The largest absolute Gasteiger partial charge is 0.496 e. The summed E-state index contributed by atoms with van der Waals surface area (Å²) in [7, 11) is 1.41. The molecule has 3 aromatic carbocycles. The van der Waals surface area contributed by atoms with Gasteiger partial charge in [0.05, 0.1) is 18.1 Å². The van der Waals surface area contributed by atoms with Crippen LogP contribution < -0.4 is 14.8 Å². The number of anilines is 1. The first-order valence-electron chi connectivity index (χ1n) is 8.48. The summed E-state index contributed by atoms with van der Waals surface area (Å²) in [5.74, 6) is -0.0916. The molecule has 0 fully saturated rings. The number of nitro benzene ring substituents is 1. The van der Waals surface area contributed by atoms with Crippen LogP contribution in [0.4, 0.5) is 11.4 Å².